The lowest BCUT2D eigenvalue weighted by molar-refractivity contribution is -0.119. The molecule has 1 fully saturated rings. The summed E-state index contributed by atoms with van der Waals surface area (Å²) in [7, 11) is -3.57. The second-order valence-corrected chi connectivity index (χ2v) is 6.68. The van der Waals surface area contributed by atoms with Crippen molar-refractivity contribution in [2.75, 3.05) is 18.1 Å². The van der Waals surface area contributed by atoms with Crippen LogP contribution in [-0.4, -0.2) is 37.5 Å². The summed E-state index contributed by atoms with van der Waals surface area (Å²) in [4.78, 5) is 12.0. The SMILES string of the molecule is CS(=O)(=O)N1CCCC1C(=O)Nc1ccc(F)c(F)c1F. The second-order valence-electron chi connectivity index (χ2n) is 4.74. The minimum Gasteiger partial charge on any atom is -0.322 e. The number of sulfonamides is 1. The highest BCUT2D eigenvalue weighted by atomic mass is 32.2. The van der Waals surface area contributed by atoms with E-state index in [2.05, 4.69) is 5.32 Å². The normalized spacial score (nSPS) is 19.7. The Morgan fingerprint density at radius 2 is 1.95 bits per heavy atom. The van der Waals surface area contributed by atoms with E-state index < -0.39 is 45.1 Å². The summed E-state index contributed by atoms with van der Waals surface area (Å²) in [5.41, 5.74) is -0.528. The van der Waals surface area contributed by atoms with Crippen molar-refractivity contribution in [1.82, 2.24) is 4.31 Å². The maximum atomic E-state index is 13.5. The van der Waals surface area contributed by atoms with E-state index in [0.29, 0.717) is 12.5 Å². The van der Waals surface area contributed by atoms with E-state index in [1.165, 1.54) is 0 Å². The number of carbonyl (C=O) groups is 1. The first-order chi connectivity index (χ1) is 9.71. The van der Waals surface area contributed by atoms with Crippen molar-refractivity contribution in [3.63, 3.8) is 0 Å². The predicted molar refractivity (Wildman–Crippen MR) is 69.5 cm³/mol. The standard InChI is InChI=1S/C12H13F3N2O3S/c1-21(19,20)17-6-2-3-9(17)12(18)16-8-5-4-7(13)10(14)11(8)15/h4-5,9H,2-3,6H2,1H3,(H,16,18). The Labute approximate surface area is 119 Å². The van der Waals surface area contributed by atoms with Gasteiger partial charge in [-0.25, -0.2) is 21.6 Å². The predicted octanol–water partition coefficient (Wildman–Crippen LogP) is 1.47. The summed E-state index contributed by atoms with van der Waals surface area (Å²) in [6.07, 6.45) is 1.74. The van der Waals surface area contributed by atoms with E-state index in [1.807, 2.05) is 0 Å². The van der Waals surface area contributed by atoms with E-state index in [-0.39, 0.29) is 13.0 Å². The van der Waals surface area contributed by atoms with Crippen molar-refractivity contribution in [3.8, 4) is 0 Å². The zero-order valence-electron chi connectivity index (χ0n) is 11.1. The molecular weight excluding hydrogens is 309 g/mol. The van der Waals surface area contributed by atoms with Gasteiger partial charge < -0.3 is 5.32 Å². The molecule has 0 bridgehead atoms. The molecule has 21 heavy (non-hydrogen) atoms. The molecule has 0 aromatic heterocycles. The molecule has 5 nitrogen and oxygen atoms in total. The average molecular weight is 322 g/mol. The minimum atomic E-state index is -3.57. The molecule has 1 amide bonds. The Hall–Kier alpha value is -1.61. The summed E-state index contributed by atoms with van der Waals surface area (Å²) in [6.45, 7) is 0.192. The Bertz CT molecular complexity index is 679. The van der Waals surface area contributed by atoms with Gasteiger partial charge in [-0.1, -0.05) is 0 Å². The van der Waals surface area contributed by atoms with Gasteiger partial charge in [0.05, 0.1) is 11.9 Å². The number of hydrogen-bond acceptors (Lipinski definition) is 3. The monoisotopic (exact) mass is 322 g/mol. The maximum Gasteiger partial charge on any atom is 0.242 e. The number of hydrogen-bond donors (Lipinski definition) is 1. The van der Waals surface area contributed by atoms with Crippen LogP contribution in [0.15, 0.2) is 12.1 Å². The topological polar surface area (TPSA) is 66.5 Å². The minimum absolute atomic E-state index is 0.192. The third kappa shape index (κ3) is 3.18. The zero-order valence-corrected chi connectivity index (χ0v) is 11.9. The van der Waals surface area contributed by atoms with Gasteiger partial charge in [0.15, 0.2) is 17.5 Å². The van der Waals surface area contributed by atoms with Gasteiger partial charge in [-0.15, -0.1) is 0 Å². The summed E-state index contributed by atoms with van der Waals surface area (Å²) in [6, 6.07) is 0.579. The zero-order chi connectivity index (χ0) is 15.8. The van der Waals surface area contributed by atoms with Gasteiger partial charge in [0.25, 0.3) is 0 Å². The van der Waals surface area contributed by atoms with Gasteiger partial charge in [-0.05, 0) is 25.0 Å². The molecule has 1 unspecified atom stereocenters. The lowest BCUT2D eigenvalue weighted by Crippen LogP contribution is -2.42. The number of nitrogens with one attached hydrogen (secondary N) is 1. The molecule has 1 atom stereocenters. The summed E-state index contributed by atoms with van der Waals surface area (Å²) >= 11 is 0. The first-order valence-corrected chi connectivity index (χ1v) is 7.98. The van der Waals surface area contributed by atoms with E-state index in [9.17, 15) is 26.4 Å². The second kappa shape index (κ2) is 5.64. The Morgan fingerprint density at radius 1 is 1.29 bits per heavy atom. The van der Waals surface area contributed by atoms with Crippen LogP contribution in [0.1, 0.15) is 12.8 Å². The van der Waals surface area contributed by atoms with Crippen LogP contribution in [0.2, 0.25) is 0 Å². The summed E-state index contributed by atoms with van der Waals surface area (Å²) in [5, 5.41) is 2.10. The van der Waals surface area contributed by atoms with Crippen LogP contribution in [0.4, 0.5) is 18.9 Å². The number of carbonyl (C=O) groups excluding carboxylic acids is 1. The van der Waals surface area contributed by atoms with Crippen LogP contribution < -0.4 is 5.32 Å². The first-order valence-electron chi connectivity index (χ1n) is 6.13. The van der Waals surface area contributed by atoms with E-state index in [1.54, 1.807) is 0 Å². The van der Waals surface area contributed by atoms with Gasteiger partial charge in [0, 0.05) is 6.54 Å². The lowest BCUT2D eigenvalue weighted by Gasteiger charge is -2.21. The lowest BCUT2D eigenvalue weighted by atomic mass is 10.2. The van der Waals surface area contributed by atoms with Crippen LogP contribution in [0, 0.1) is 17.5 Å². The smallest absolute Gasteiger partial charge is 0.242 e. The van der Waals surface area contributed by atoms with E-state index >= 15 is 0 Å². The summed E-state index contributed by atoms with van der Waals surface area (Å²) in [5.74, 6) is -5.36. The quantitative estimate of drug-likeness (QED) is 0.857. The Morgan fingerprint density at radius 3 is 2.57 bits per heavy atom. The number of benzene rings is 1. The van der Waals surface area contributed by atoms with Crippen molar-refractivity contribution < 1.29 is 26.4 Å². The Balaban J connectivity index is 2.21. The molecule has 1 aromatic rings. The number of rotatable bonds is 3. The van der Waals surface area contributed by atoms with Gasteiger partial charge in [0.1, 0.15) is 6.04 Å². The van der Waals surface area contributed by atoms with Crippen LogP contribution in [0.3, 0.4) is 0 Å². The third-order valence-electron chi connectivity index (χ3n) is 3.23. The molecule has 1 aromatic carbocycles. The average Bonchev–Trinajstić information content (AvgIpc) is 2.89. The largest absolute Gasteiger partial charge is 0.322 e. The number of anilines is 1. The Kier molecular flexibility index (Phi) is 4.24. The molecule has 1 saturated heterocycles. The van der Waals surface area contributed by atoms with Crippen LogP contribution >= 0.6 is 0 Å². The molecule has 1 heterocycles. The molecule has 0 radical (unpaired) electrons. The van der Waals surface area contributed by atoms with Crippen molar-refractivity contribution >= 4 is 21.6 Å². The molecular formula is C12H13F3N2O3S. The van der Waals surface area contributed by atoms with Crippen molar-refractivity contribution in [2.24, 2.45) is 0 Å². The van der Waals surface area contributed by atoms with Gasteiger partial charge in [-0.2, -0.15) is 4.31 Å². The maximum absolute atomic E-state index is 13.5. The highest BCUT2D eigenvalue weighted by Gasteiger charge is 2.36. The van der Waals surface area contributed by atoms with Crippen molar-refractivity contribution in [3.05, 3.63) is 29.6 Å². The molecule has 1 N–H and O–H groups in total. The highest BCUT2D eigenvalue weighted by molar-refractivity contribution is 7.88. The molecule has 2 rings (SSSR count). The van der Waals surface area contributed by atoms with Crippen molar-refractivity contribution in [1.29, 1.82) is 0 Å². The fourth-order valence-electron chi connectivity index (χ4n) is 2.24. The molecule has 116 valence electrons. The molecule has 0 spiro atoms. The van der Waals surface area contributed by atoms with Crippen molar-refractivity contribution in [2.45, 2.75) is 18.9 Å². The fraction of sp³-hybridized carbons (Fsp3) is 0.417. The van der Waals surface area contributed by atoms with Gasteiger partial charge >= 0.3 is 0 Å². The van der Waals surface area contributed by atoms with Crippen LogP contribution in [0.5, 0.6) is 0 Å². The fourth-order valence-corrected chi connectivity index (χ4v) is 3.36. The number of halogens is 3. The first kappa shape index (κ1) is 15.8. The summed E-state index contributed by atoms with van der Waals surface area (Å²) < 4.78 is 63.4. The van der Waals surface area contributed by atoms with E-state index in [4.69, 9.17) is 0 Å². The molecule has 1 aliphatic rings. The van der Waals surface area contributed by atoms with Crippen LogP contribution in [-0.2, 0) is 14.8 Å². The highest BCUT2D eigenvalue weighted by Crippen LogP contribution is 2.24. The van der Waals surface area contributed by atoms with Gasteiger partial charge in [-0.3, -0.25) is 4.79 Å². The van der Waals surface area contributed by atoms with Gasteiger partial charge in [0.2, 0.25) is 15.9 Å². The van der Waals surface area contributed by atoms with E-state index in [0.717, 1.165) is 16.6 Å². The molecule has 9 heteroatoms. The number of amides is 1. The van der Waals surface area contributed by atoms with Crippen LogP contribution in [0.25, 0.3) is 0 Å². The third-order valence-corrected chi connectivity index (χ3v) is 4.51. The number of nitrogens with zero attached hydrogens (tertiary/aromatic N) is 1. The molecule has 0 aliphatic carbocycles. The molecule has 1 aliphatic heterocycles. The molecule has 0 saturated carbocycles.